The molecule has 2 heterocycles. The van der Waals surface area contributed by atoms with Crippen LogP contribution < -0.4 is 4.90 Å². The maximum absolute atomic E-state index is 12.4. The smallest absolute Gasteiger partial charge is 0.307 e. The van der Waals surface area contributed by atoms with Crippen molar-refractivity contribution in [1.82, 2.24) is 0 Å². The molecule has 0 N–H and O–H groups in total. The molecule has 0 bridgehead atoms. The van der Waals surface area contributed by atoms with E-state index in [9.17, 15) is 9.59 Å². The average Bonchev–Trinajstić information content (AvgIpc) is 2.72. The first kappa shape index (κ1) is 10.3. The number of carbonyl (C=O) groups excluding carboxylic acids is 2. The zero-order valence-corrected chi connectivity index (χ0v) is 9.77. The Morgan fingerprint density at radius 2 is 2.06 bits per heavy atom. The summed E-state index contributed by atoms with van der Waals surface area (Å²) in [7, 11) is 1.72. The second-order valence-electron chi connectivity index (χ2n) is 4.70. The molecule has 2 aliphatic rings. The molecule has 1 aromatic rings. The van der Waals surface area contributed by atoms with Crippen molar-refractivity contribution < 1.29 is 14.3 Å². The molecule has 0 aromatic heterocycles. The number of nitrogens with zero attached hydrogens (tertiary/aromatic N) is 1. The van der Waals surface area contributed by atoms with Gasteiger partial charge in [0.05, 0.1) is 12.1 Å². The maximum atomic E-state index is 12.4. The number of hydrogen-bond acceptors (Lipinski definition) is 3. The van der Waals surface area contributed by atoms with Gasteiger partial charge in [-0.15, -0.1) is 0 Å². The number of hydrogen-bond donors (Lipinski definition) is 0. The number of carbonyl (C=O) groups is 2. The molecule has 88 valence electrons. The molecule has 0 radical (unpaired) electrons. The molecule has 2 atom stereocenters. The molecule has 17 heavy (non-hydrogen) atoms. The van der Waals surface area contributed by atoms with Crippen molar-refractivity contribution in [2.45, 2.75) is 18.9 Å². The van der Waals surface area contributed by atoms with Gasteiger partial charge in [0, 0.05) is 18.5 Å². The second-order valence-corrected chi connectivity index (χ2v) is 4.70. The molecular weight excluding hydrogens is 218 g/mol. The van der Waals surface area contributed by atoms with E-state index >= 15 is 0 Å². The van der Waals surface area contributed by atoms with Crippen molar-refractivity contribution in [2.75, 3.05) is 11.9 Å². The zero-order chi connectivity index (χ0) is 12.2. The van der Waals surface area contributed by atoms with Gasteiger partial charge >= 0.3 is 5.97 Å². The number of likely N-dealkylation sites (N-methyl/N-ethyl adjacent to an activating group) is 1. The Kier molecular flexibility index (Phi) is 1.88. The number of esters is 1. The molecule has 0 saturated carbocycles. The van der Waals surface area contributed by atoms with Crippen LogP contribution in [0.15, 0.2) is 24.3 Å². The first-order valence-electron chi connectivity index (χ1n) is 5.67. The van der Waals surface area contributed by atoms with Crippen LogP contribution in [0.2, 0.25) is 0 Å². The third-order valence-corrected chi connectivity index (χ3v) is 3.73. The lowest BCUT2D eigenvalue weighted by Gasteiger charge is -2.25. The van der Waals surface area contributed by atoms with E-state index in [4.69, 9.17) is 4.74 Å². The highest BCUT2D eigenvalue weighted by atomic mass is 16.6. The minimum Gasteiger partial charge on any atom is -0.444 e. The molecule has 1 aromatic carbocycles. The van der Waals surface area contributed by atoms with Crippen molar-refractivity contribution in [3.8, 4) is 0 Å². The van der Waals surface area contributed by atoms with Gasteiger partial charge in [-0.3, -0.25) is 9.59 Å². The summed E-state index contributed by atoms with van der Waals surface area (Å²) in [6.07, 6.45) is 0.300. The lowest BCUT2D eigenvalue weighted by atomic mass is 9.83. The summed E-state index contributed by atoms with van der Waals surface area (Å²) < 4.78 is 5.40. The first-order chi connectivity index (χ1) is 8.07. The average molecular weight is 231 g/mol. The monoisotopic (exact) mass is 231 g/mol. The molecule has 1 fully saturated rings. The van der Waals surface area contributed by atoms with Gasteiger partial charge in [-0.2, -0.15) is 0 Å². The van der Waals surface area contributed by atoms with Crippen LogP contribution in [0.1, 0.15) is 18.9 Å². The Labute approximate surface area is 99.2 Å². The van der Waals surface area contributed by atoms with Crippen LogP contribution in [-0.4, -0.2) is 18.9 Å². The number of amides is 1. The summed E-state index contributed by atoms with van der Waals surface area (Å²) in [6, 6.07) is 7.49. The standard InChI is InChI=1S/C13H13NO3/c1-8-7-11(15)17-13(8)9-5-3-4-6-10(9)14(2)12(13)16/h3-6,8H,7H2,1-2H3/t8-,13+/m1/s1. The number of rotatable bonds is 0. The summed E-state index contributed by atoms with van der Waals surface area (Å²) in [4.78, 5) is 25.4. The van der Waals surface area contributed by atoms with Gasteiger partial charge in [-0.25, -0.2) is 0 Å². The Hall–Kier alpha value is -1.84. The number of anilines is 1. The fourth-order valence-corrected chi connectivity index (χ4v) is 2.84. The van der Waals surface area contributed by atoms with E-state index in [0.717, 1.165) is 11.3 Å². The van der Waals surface area contributed by atoms with E-state index in [1.807, 2.05) is 31.2 Å². The highest BCUT2D eigenvalue weighted by Crippen LogP contribution is 2.50. The number of ether oxygens (including phenoxy) is 1. The summed E-state index contributed by atoms with van der Waals surface area (Å²) in [5.41, 5.74) is 0.563. The van der Waals surface area contributed by atoms with Crippen molar-refractivity contribution in [2.24, 2.45) is 5.92 Å². The van der Waals surface area contributed by atoms with E-state index in [0.29, 0.717) is 6.42 Å². The summed E-state index contributed by atoms with van der Waals surface area (Å²) in [6.45, 7) is 1.89. The second kappa shape index (κ2) is 3.09. The predicted molar refractivity (Wildman–Crippen MR) is 61.4 cm³/mol. The van der Waals surface area contributed by atoms with Crippen LogP contribution in [0, 0.1) is 5.92 Å². The van der Waals surface area contributed by atoms with Crippen LogP contribution in [-0.2, 0) is 19.9 Å². The Morgan fingerprint density at radius 3 is 2.71 bits per heavy atom. The molecule has 4 nitrogen and oxygen atoms in total. The normalized spacial score (nSPS) is 30.9. The predicted octanol–water partition coefficient (Wildman–Crippen LogP) is 1.44. The van der Waals surface area contributed by atoms with E-state index in [1.54, 1.807) is 11.9 Å². The van der Waals surface area contributed by atoms with Crippen molar-refractivity contribution in [3.63, 3.8) is 0 Å². The third-order valence-electron chi connectivity index (χ3n) is 3.73. The van der Waals surface area contributed by atoms with E-state index < -0.39 is 5.60 Å². The Bertz CT molecular complexity index is 525. The molecular formula is C13H13NO3. The molecule has 1 saturated heterocycles. The van der Waals surface area contributed by atoms with Crippen LogP contribution in [0.5, 0.6) is 0 Å². The summed E-state index contributed by atoms with van der Waals surface area (Å²) in [5.74, 6) is -0.554. The lowest BCUT2D eigenvalue weighted by molar-refractivity contribution is -0.158. The maximum Gasteiger partial charge on any atom is 0.307 e. The van der Waals surface area contributed by atoms with Crippen LogP contribution in [0.25, 0.3) is 0 Å². The minimum atomic E-state index is -1.08. The van der Waals surface area contributed by atoms with Gasteiger partial charge in [-0.1, -0.05) is 25.1 Å². The summed E-state index contributed by atoms with van der Waals surface area (Å²) >= 11 is 0. The van der Waals surface area contributed by atoms with Crippen LogP contribution in [0.3, 0.4) is 0 Å². The van der Waals surface area contributed by atoms with Crippen molar-refractivity contribution >= 4 is 17.6 Å². The van der Waals surface area contributed by atoms with Gasteiger partial charge in [0.2, 0.25) is 5.60 Å². The highest BCUT2D eigenvalue weighted by Gasteiger charge is 2.60. The quantitative estimate of drug-likeness (QED) is 0.635. The molecule has 2 aliphatic heterocycles. The van der Waals surface area contributed by atoms with Gasteiger partial charge in [0.25, 0.3) is 5.91 Å². The first-order valence-corrected chi connectivity index (χ1v) is 5.67. The van der Waals surface area contributed by atoms with Gasteiger partial charge < -0.3 is 9.64 Å². The molecule has 0 aliphatic carbocycles. The number of benzene rings is 1. The number of fused-ring (bicyclic) bond motifs is 2. The lowest BCUT2D eigenvalue weighted by Crippen LogP contribution is -2.42. The van der Waals surface area contributed by atoms with Crippen LogP contribution in [0.4, 0.5) is 5.69 Å². The van der Waals surface area contributed by atoms with Gasteiger partial charge in [0.15, 0.2) is 0 Å². The topological polar surface area (TPSA) is 46.6 Å². The Balaban J connectivity index is 2.25. The molecule has 1 spiro atoms. The van der Waals surface area contributed by atoms with E-state index in [1.165, 1.54) is 0 Å². The third kappa shape index (κ3) is 1.07. The molecule has 3 rings (SSSR count). The fraction of sp³-hybridized carbons (Fsp3) is 0.385. The zero-order valence-electron chi connectivity index (χ0n) is 9.77. The minimum absolute atomic E-state index is 0.117. The van der Waals surface area contributed by atoms with Crippen molar-refractivity contribution in [1.29, 1.82) is 0 Å². The van der Waals surface area contributed by atoms with E-state index in [-0.39, 0.29) is 17.8 Å². The van der Waals surface area contributed by atoms with Gasteiger partial charge in [0.1, 0.15) is 0 Å². The largest absolute Gasteiger partial charge is 0.444 e. The van der Waals surface area contributed by atoms with Crippen LogP contribution >= 0.6 is 0 Å². The van der Waals surface area contributed by atoms with Crippen molar-refractivity contribution in [3.05, 3.63) is 29.8 Å². The highest BCUT2D eigenvalue weighted by molar-refractivity contribution is 6.08. The summed E-state index contributed by atoms with van der Waals surface area (Å²) in [5, 5.41) is 0. The van der Waals surface area contributed by atoms with Gasteiger partial charge in [-0.05, 0) is 6.07 Å². The Morgan fingerprint density at radius 1 is 1.35 bits per heavy atom. The molecule has 1 amide bonds. The number of para-hydroxylation sites is 1. The fourth-order valence-electron chi connectivity index (χ4n) is 2.84. The van der Waals surface area contributed by atoms with E-state index in [2.05, 4.69) is 0 Å². The molecule has 4 heteroatoms. The molecule has 0 unspecified atom stereocenters. The SMILES string of the molecule is C[C@@H]1CC(=O)O[C@@]12C(=O)N(C)c1ccccc12.